The summed E-state index contributed by atoms with van der Waals surface area (Å²) in [5.74, 6) is -1.24. The van der Waals surface area contributed by atoms with Gasteiger partial charge in [-0.2, -0.15) is 0 Å². The van der Waals surface area contributed by atoms with Gasteiger partial charge in [0.15, 0.2) is 0 Å². The number of hydrogen-bond acceptors (Lipinski definition) is 4. The average Bonchev–Trinajstić information content (AvgIpc) is 2.48. The lowest BCUT2D eigenvalue weighted by Gasteiger charge is -2.33. The number of likely N-dealkylation sites (N-methyl/N-ethyl adjacent to an activating group) is 1. The number of aliphatic carboxylic acids is 1. The Balaban J connectivity index is 2.26. The molecule has 1 atom stereocenters. The molecule has 2 rings (SSSR count). The molecule has 7 heteroatoms. The SMILES string of the molecule is CN1CC(=O)N(c2ccccc2C(N)CCC(=O)O)CC1=O. The molecule has 1 aromatic rings. The number of anilines is 1. The number of carboxylic acids is 1. The van der Waals surface area contributed by atoms with E-state index in [4.69, 9.17) is 10.8 Å². The maximum atomic E-state index is 12.2. The third-order valence-corrected chi connectivity index (χ3v) is 3.69. The Bertz CT molecular complexity index is 602. The number of carbonyl (C=O) groups excluding carboxylic acids is 2. The highest BCUT2D eigenvalue weighted by Crippen LogP contribution is 2.28. The number of piperazine rings is 1. The molecule has 1 aliphatic heterocycles. The summed E-state index contributed by atoms with van der Waals surface area (Å²) in [6, 6.07) is 6.53. The number of hydrogen-bond donors (Lipinski definition) is 2. The fourth-order valence-electron chi connectivity index (χ4n) is 2.42. The number of carboxylic acid groups (broad SMARTS) is 1. The molecule has 0 bridgehead atoms. The molecule has 7 nitrogen and oxygen atoms in total. The monoisotopic (exact) mass is 305 g/mol. The van der Waals surface area contributed by atoms with E-state index in [1.165, 1.54) is 9.80 Å². The molecule has 0 aliphatic carbocycles. The number of nitrogens with zero attached hydrogens (tertiary/aromatic N) is 2. The quantitative estimate of drug-likeness (QED) is 0.817. The molecular weight excluding hydrogens is 286 g/mol. The zero-order valence-corrected chi connectivity index (χ0v) is 12.4. The molecule has 0 saturated carbocycles. The predicted molar refractivity (Wildman–Crippen MR) is 80.2 cm³/mol. The van der Waals surface area contributed by atoms with Crippen LogP contribution in [0.25, 0.3) is 0 Å². The topological polar surface area (TPSA) is 104 Å². The number of para-hydroxylation sites is 1. The van der Waals surface area contributed by atoms with Crippen molar-refractivity contribution in [1.29, 1.82) is 0 Å². The van der Waals surface area contributed by atoms with Gasteiger partial charge < -0.3 is 20.6 Å². The summed E-state index contributed by atoms with van der Waals surface area (Å²) in [7, 11) is 1.59. The van der Waals surface area contributed by atoms with Crippen molar-refractivity contribution in [1.82, 2.24) is 4.90 Å². The molecule has 0 radical (unpaired) electrons. The molecule has 0 spiro atoms. The molecule has 22 heavy (non-hydrogen) atoms. The Morgan fingerprint density at radius 1 is 1.27 bits per heavy atom. The average molecular weight is 305 g/mol. The number of amides is 2. The van der Waals surface area contributed by atoms with Gasteiger partial charge in [-0.15, -0.1) is 0 Å². The van der Waals surface area contributed by atoms with Crippen LogP contribution in [0.15, 0.2) is 24.3 Å². The van der Waals surface area contributed by atoms with Crippen LogP contribution >= 0.6 is 0 Å². The van der Waals surface area contributed by atoms with E-state index in [0.29, 0.717) is 11.3 Å². The summed E-state index contributed by atoms with van der Waals surface area (Å²) in [5, 5.41) is 8.76. The van der Waals surface area contributed by atoms with Gasteiger partial charge in [-0.25, -0.2) is 0 Å². The van der Waals surface area contributed by atoms with Crippen molar-refractivity contribution < 1.29 is 19.5 Å². The summed E-state index contributed by atoms with van der Waals surface area (Å²) in [4.78, 5) is 37.5. The van der Waals surface area contributed by atoms with Gasteiger partial charge in [0.05, 0.1) is 6.54 Å². The molecule has 0 aromatic heterocycles. The van der Waals surface area contributed by atoms with Crippen molar-refractivity contribution in [3.8, 4) is 0 Å². The predicted octanol–water partition coefficient (Wildman–Crippen LogP) is 0.356. The third kappa shape index (κ3) is 3.43. The Morgan fingerprint density at radius 3 is 2.64 bits per heavy atom. The molecule has 1 aromatic carbocycles. The minimum Gasteiger partial charge on any atom is -0.481 e. The van der Waals surface area contributed by atoms with E-state index in [2.05, 4.69) is 0 Å². The van der Waals surface area contributed by atoms with Crippen molar-refractivity contribution in [2.45, 2.75) is 18.9 Å². The highest BCUT2D eigenvalue weighted by Gasteiger charge is 2.30. The van der Waals surface area contributed by atoms with E-state index in [1.54, 1.807) is 31.3 Å². The van der Waals surface area contributed by atoms with Gasteiger partial charge in [-0.1, -0.05) is 18.2 Å². The first-order chi connectivity index (χ1) is 10.4. The van der Waals surface area contributed by atoms with Gasteiger partial charge in [-0.05, 0) is 18.1 Å². The smallest absolute Gasteiger partial charge is 0.303 e. The van der Waals surface area contributed by atoms with Gasteiger partial charge in [0.25, 0.3) is 0 Å². The molecule has 1 heterocycles. The molecule has 1 unspecified atom stereocenters. The lowest BCUT2D eigenvalue weighted by Crippen LogP contribution is -2.52. The lowest BCUT2D eigenvalue weighted by molar-refractivity contribution is -0.137. The Labute approximate surface area is 128 Å². The summed E-state index contributed by atoms with van der Waals surface area (Å²) >= 11 is 0. The van der Waals surface area contributed by atoms with Crippen LogP contribution in [0, 0.1) is 0 Å². The van der Waals surface area contributed by atoms with E-state index >= 15 is 0 Å². The summed E-state index contributed by atoms with van der Waals surface area (Å²) < 4.78 is 0. The minimum atomic E-state index is -0.918. The molecule has 1 saturated heterocycles. The first kappa shape index (κ1) is 16.0. The zero-order valence-electron chi connectivity index (χ0n) is 12.4. The normalized spacial score (nSPS) is 16.8. The van der Waals surface area contributed by atoms with E-state index in [1.807, 2.05) is 0 Å². The fourth-order valence-corrected chi connectivity index (χ4v) is 2.42. The molecular formula is C15H19N3O4. The molecule has 2 amide bonds. The van der Waals surface area contributed by atoms with E-state index in [9.17, 15) is 14.4 Å². The second-order valence-electron chi connectivity index (χ2n) is 5.33. The number of benzene rings is 1. The second kappa shape index (κ2) is 6.57. The summed E-state index contributed by atoms with van der Waals surface area (Å²) in [5.41, 5.74) is 7.31. The van der Waals surface area contributed by atoms with Crippen molar-refractivity contribution in [2.24, 2.45) is 5.73 Å². The highest BCUT2D eigenvalue weighted by molar-refractivity contribution is 6.04. The van der Waals surface area contributed by atoms with Crippen LogP contribution in [0.4, 0.5) is 5.69 Å². The summed E-state index contributed by atoms with van der Waals surface area (Å²) in [6.45, 7) is -0.00444. The van der Waals surface area contributed by atoms with Crippen LogP contribution in [-0.2, 0) is 14.4 Å². The Hall–Kier alpha value is -2.41. The molecule has 3 N–H and O–H groups in total. The van der Waals surface area contributed by atoms with E-state index in [-0.39, 0.29) is 37.7 Å². The van der Waals surface area contributed by atoms with E-state index < -0.39 is 12.0 Å². The van der Waals surface area contributed by atoms with Crippen LogP contribution in [0.2, 0.25) is 0 Å². The van der Waals surface area contributed by atoms with Crippen LogP contribution in [0.5, 0.6) is 0 Å². The van der Waals surface area contributed by atoms with Crippen LogP contribution in [0.1, 0.15) is 24.4 Å². The second-order valence-corrected chi connectivity index (χ2v) is 5.33. The zero-order chi connectivity index (χ0) is 16.3. The van der Waals surface area contributed by atoms with Crippen molar-refractivity contribution in [3.05, 3.63) is 29.8 Å². The Kier molecular flexibility index (Phi) is 4.77. The van der Waals surface area contributed by atoms with Crippen molar-refractivity contribution in [3.63, 3.8) is 0 Å². The fraction of sp³-hybridized carbons (Fsp3) is 0.400. The maximum absolute atomic E-state index is 12.2. The molecule has 118 valence electrons. The van der Waals surface area contributed by atoms with Crippen molar-refractivity contribution >= 4 is 23.5 Å². The third-order valence-electron chi connectivity index (χ3n) is 3.69. The van der Waals surface area contributed by atoms with Gasteiger partial charge in [0, 0.05) is 25.2 Å². The van der Waals surface area contributed by atoms with Crippen LogP contribution in [0.3, 0.4) is 0 Å². The van der Waals surface area contributed by atoms with Crippen molar-refractivity contribution in [2.75, 3.05) is 25.0 Å². The van der Waals surface area contributed by atoms with Crippen LogP contribution < -0.4 is 10.6 Å². The Morgan fingerprint density at radius 2 is 1.95 bits per heavy atom. The maximum Gasteiger partial charge on any atom is 0.303 e. The highest BCUT2D eigenvalue weighted by atomic mass is 16.4. The first-order valence-electron chi connectivity index (χ1n) is 7.00. The largest absolute Gasteiger partial charge is 0.481 e. The van der Waals surface area contributed by atoms with E-state index in [0.717, 1.165) is 0 Å². The standard InChI is InChI=1S/C15H19N3O4/c1-17-8-14(20)18(9-13(17)19)12-5-3-2-4-10(12)11(16)6-7-15(21)22/h2-5,11H,6-9,16H2,1H3,(H,21,22). The van der Waals surface area contributed by atoms with Gasteiger partial charge in [-0.3, -0.25) is 14.4 Å². The number of carbonyl (C=O) groups is 3. The minimum absolute atomic E-state index is 0.0253. The van der Waals surface area contributed by atoms with Gasteiger partial charge in [0.2, 0.25) is 11.8 Å². The van der Waals surface area contributed by atoms with Crippen LogP contribution in [-0.4, -0.2) is 47.9 Å². The number of rotatable bonds is 5. The summed E-state index contributed by atoms with van der Waals surface area (Å²) in [6.07, 6.45) is 0.216. The number of nitrogens with two attached hydrogens (primary N) is 1. The molecule has 1 fully saturated rings. The lowest BCUT2D eigenvalue weighted by atomic mass is 9.99. The first-order valence-corrected chi connectivity index (χ1v) is 7.00. The molecule has 1 aliphatic rings. The van der Waals surface area contributed by atoms with Gasteiger partial charge in [0.1, 0.15) is 6.54 Å². The van der Waals surface area contributed by atoms with Gasteiger partial charge >= 0.3 is 5.97 Å².